The number of oxazole rings is 1. The highest BCUT2D eigenvalue weighted by Gasteiger charge is 2.08. The Morgan fingerprint density at radius 3 is 2.79 bits per heavy atom. The van der Waals surface area contributed by atoms with Crippen LogP contribution in [0.4, 0.5) is 0 Å². The fourth-order valence-corrected chi connectivity index (χ4v) is 3.10. The van der Waals surface area contributed by atoms with Crippen LogP contribution in [0.15, 0.2) is 64.8 Å². The van der Waals surface area contributed by atoms with Gasteiger partial charge in [-0.05, 0) is 29.8 Å². The lowest BCUT2D eigenvalue weighted by Crippen LogP contribution is -1.94. The van der Waals surface area contributed by atoms with Gasteiger partial charge in [0.05, 0.1) is 12.8 Å². The molecule has 2 aromatic carbocycles. The van der Waals surface area contributed by atoms with Crippen molar-refractivity contribution in [3.8, 4) is 11.4 Å². The molecular weight excluding hydrogens is 324 g/mol. The molecule has 0 atom stereocenters. The number of aromatic nitrogens is 4. The zero-order valence-corrected chi connectivity index (χ0v) is 13.7. The van der Waals surface area contributed by atoms with Gasteiger partial charge in [-0.15, -0.1) is 0 Å². The number of benzene rings is 2. The average molecular weight is 338 g/mol. The number of fused-ring (bicyclic) bond motifs is 1. The lowest BCUT2D eigenvalue weighted by atomic mass is 10.2. The Labute approximate surface area is 142 Å². The lowest BCUT2D eigenvalue weighted by Gasteiger charge is -2.02. The predicted octanol–water partition coefficient (Wildman–Crippen LogP) is 3.71. The molecule has 24 heavy (non-hydrogen) atoms. The fourth-order valence-electron chi connectivity index (χ4n) is 2.31. The minimum Gasteiger partial charge on any atom is -0.497 e. The minimum atomic E-state index is 0.651. The smallest absolute Gasteiger partial charge is 0.257 e. The van der Waals surface area contributed by atoms with E-state index in [4.69, 9.17) is 9.15 Å². The van der Waals surface area contributed by atoms with Gasteiger partial charge in [0, 0.05) is 11.8 Å². The molecule has 0 amide bonds. The van der Waals surface area contributed by atoms with E-state index in [1.54, 1.807) is 29.9 Å². The van der Waals surface area contributed by atoms with Crippen molar-refractivity contribution in [1.29, 1.82) is 0 Å². The number of rotatable bonds is 5. The molecule has 0 aliphatic carbocycles. The standard InChI is InChI=1S/C17H14N4O2S/c1-22-14-6-7-16-15(8-14)20-17(23-16)24-9-12-2-4-13(5-3-12)21-11-18-10-19-21/h2-8,10-11H,9H2,1H3. The van der Waals surface area contributed by atoms with Crippen LogP contribution in [0.5, 0.6) is 5.75 Å². The molecule has 0 bridgehead atoms. The molecule has 0 N–H and O–H groups in total. The maximum Gasteiger partial charge on any atom is 0.257 e. The third-order valence-corrected chi connectivity index (χ3v) is 4.46. The van der Waals surface area contributed by atoms with Crippen LogP contribution in [0.2, 0.25) is 0 Å². The minimum absolute atomic E-state index is 0.651. The molecule has 2 aromatic heterocycles. The number of ether oxygens (including phenoxy) is 1. The van der Waals surface area contributed by atoms with Gasteiger partial charge in [0.1, 0.15) is 23.9 Å². The SMILES string of the molecule is COc1ccc2oc(SCc3ccc(-n4cncn4)cc3)nc2c1. The van der Waals surface area contributed by atoms with Gasteiger partial charge in [0.25, 0.3) is 5.22 Å². The van der Waals surface area contributed by atoms with Crippen LogP contribution in [0.25, 0.3) is 16.8 Å². The second-order valence-electron chi connectivity index (χ2n) is 5.11. The van der Waals surface area contributed by atoms with Crippen molar-refractivity contribution in [2.24, 2.45) is 0 Å². The van der Waals surface area contributed by atoms with E-state index in [1.165, 1.54) is 11.9 Å². The van der Waals surface area contributed by atoms with Crippen molar-refractivity contribution >= 4 is 22.9 Å². The van der Waals surface area contributed by atoms with E-state index in [0.29, 0.717) is 5.22 Å². The van der Waals surface area contributed by atoms with Gasteiger partial charge in [0.2, 0.25) is 0 Å². The molecule has 0 aliphatic rings. The van der Waals surface area contributed by atoms with E-state index in [-0.39, 0.29) is 0 Å². The first kappa shape index (κ1) is 14.8. The Morgan fingerprint density at radius 2 is 2.04 bits per heavy atom. The van der Waals surface area contributed by atoms with Crippen molar-refractivity contribution in [2.75, 3.05) is 7.11 Å². The van der Waals surface area contributed by atoms with Gasteiger partial charge < -0.3 is 9.15 Å². The second kappa shape index (κ2) is 6.37. The molecule has 0 unspecified atom stereocenters. The van der Waals surface area contributed by atoms with E-state index < -0.39 is 0 Å². The Morgan fingerprint density at radius 1 is 1.17 bits per heavy atom. The van der Waals surface area contributed by atoms with Crippen molar-refractivity contribution in [3.05, 3.63) is 60.7 Å². The number of thioether (sulfide) groups is 1. The molecule has 4 rings (SSSR count). The third-order valence-electron chi connectivity index (χ3n) is 3.56. The normalized spacial score (nSPS) is 11.0. The maximum absolute atomic E-state index is 5.75. The fraction of sp³-hybridized carbons (Fsp3) is 0.118. The van der Waals surface area contributed by atoms with E-state index in [9.17, 15) is 0 Å². The van der Waals surface area contributed by atoms with Gasteiger partial charge in [0.15, 0.2) is 5.58 Å². The van der Waals surface area contributed by atoms with Crippen LogP contribution in [0, 0.1) is 0 Å². The number of methoxy groups -OCH3 is 1. The number of nitrogens with zero attached hydrogens (tertiary/aromatic N) is 4. The van der Waals surface area contributed by atoms with Gasteiger partial charge in [-0.25, -0.2) is 14.6 Å². The Hall–Kier alpha value is -2.80. The number of hydrogen-bond donors (Lipinski definition) is 0. The second-order valence-corrected chi connectivity index (χ2v) is 6.04. The summed E-state index contributed by atoms with van der Waals surface area (Å²) < 4.78 is 12.7. The van der Waals surface area contributed by atoms with Crippen LogP contribution in [0.1, 0.15) is 5.56 Å². The zero-order chi connectivity index (χ0) is 16.4. The quantitative estimate of drug-likeness (QED) is 0.517. The highest BCUT2D eigenvalue weighted by molar-refractivity contribution is 7.98. The van der Waals surface area contributed by atoms with Crippen LogP contribution >= 0.6 is 11.8 Å². The largest absolute Gasteiger partial charge is 0.497 e. The van der Waals surface area contributed by atoms with Gasteiger partial charge >= 0.3 is 0 Å². The molecule has 6 nitrogen and oxygen atoms in total. The van der Waals surface area contributed by atoms with Crippen molar-refractivity contribution in [3.63, 3.8) is 0 Å². The van der Waals surface area contributed by atoms with Gasteiger partial charge in [-0.2, -0.15) is 5.10 Å². The van der Waals surface area contributed by atoms with Crippen molar-refractivity contribution < 1.29 is 9.15 Å². The number of hydrogen-bond acceptors (Lipinski definition) is 6. The molecule has 0 fully saturated rings. The third kappa shape index (κ3) is 2.98. The van der Waals surface area contributed by atoms with Gasteiger partial charge in [-0.1, -0.05) is 23.9 Å². The van der Waals surface area contributed by atoms with Crippen LogP contribution in [-0.4, -0.2) is 26.9 Å². The molecule has 0 spiro atoms. The Balaban J connectivity index is 1.46. The molecule has 4 aromatic rings. The lowest BCUT2D eigenvalue weighted by molar-refractivity contribution is 0.415. The molecule has 0 saturated carbocycles. The molecule has 120 valence electrons. The highest BCUT2D eigenvalue weighted by Crippen LogP contribution is 2.28. The first-order valence-corrected chi connectivity index (χ1v) is 8.32. The summed E-state index contributed by atoms with van der Waals surface area (Å²) in [6.07, 6.45) is 3.20. The highest BCUT2D eigenvalue weighted by atomic mass is 32.2. The summed E-state index contributed by atoms with van der Waals surface area (Å²) in [6, 6.07) is 13.8. The van der Waals surface area contributed by atoms with E-state index in [2.05, 4.69) is 27.2 Å². The predicted molar refractivity (Wildman–Crippen MR) is 91.5 cm³/mol. The molecular formula is C17H14N4O2S. The first-order chi connectivity index (χ1) is 11.8. The first-order valence-electron chi connectivity index (χ1n) is 7.33. The summed E-state index contributed by atoms with van der Waals surface area (Å²) in [6.45, 7) is 0. The topological polar surface area (TPSA) is 66.0 Å². The maximum atomic E-state index is 5.75. The summed E-state index contributed by atoms with van der Waals surface area (Å²) in [5.41, 5.74) is 3.73. The van der Waals surface area contributed by atoms with E-state index in [1.807, 2.05) is 30.3 Å². The molecule has 2 heterocycles. The van der Waals surface area contributed by atoms with Crippen LogP contribution < -0.4 is 4.74 Å². The average Bonchev–Trinajstić information content (AvgIpc) is 3.29. The zero-order valence-electron chi connectivity index (χ0n) is 12.9. The summed E-state index contributed by atoms with van der Waals surface area (Å²) in [5, 5.41) is 4.76. The monoisotopic (exact) mass is 338 g/mol. The molecule has 0 aliphatic heterocycles. The van der Waals surface area contributed by atoms with E-state index >= 15 is 0 Å². The molecule has 0 radical (unpaired) electrons. The molecule has 0 saturated heterocycles. The van der Waals surface area contributed by atoms with Crippen LogP contribution in [-0.2, 0) is 5.75 Å². The summed E-state index contributed by atoms with van der Waals surface area (Å²) >= 11 is 1.56. The van der Waals surface area contributed by atoms with Crippen LogP contribution in [0.3, 0.4) is 0 Å². The Bertz CT molecular complexity index is 949. The Kier molecular flexibility index (Phi) is 3.92. The van der Waals surface area contributed by atoms with Crippen molar-refractivity contribution in [2.45, 2.75) is 11.0 Å². The van der Waals surface area contributed by atoms with Gasteiger partial charge in [-0.3, -0.25) is 0 Å². The summed E-state index contributed by atoms with van der Waals surface area (Å²) in [4.78, 5) is 8.44. The van der Waals surface area contributed by atoms with Crippen molar-refractivity contribution in [1.82, 2.24) is 19.7 Å². The molecule has 7 heteroatoms. The summed E-state index contributed by atoms with van der Waals surface area (Å²) in [5.74, 6) is 1.55. The summed E-state index contributed by atoms with van der Waals surface area (Å²) in [7, 11) is 1.64. The van der Waals surface area contributed by atoms with E-state index in [0.717, 1.165) is 28.3 Å².